The highest BCUT2D eigenvalue weighted by Gasteiger charge is 2.14. The van der Waals surface area contributed by atoms with Crippen molar-refractivity contribution in [2.24, 2.45) is 5.10 Å². The number of nitrogens with one attached hydrogen (secondary N) is 1. The van der Waals surface area contributed by atoms with Crippen LogP contribution in [0, 0.1) is 13.8 Å². The van der Waals surface area contributed by atoms with Crippen LogP contribution < -0.4 is 19.6 Å². The van der Waals surface area contributed by atoms with Gasteiger partial charge in [0, 0.05) is 22.1 Å². The fourth-order valence-electron chi connectivity index (χ4n) is 4.31. The number of amides is 1. The van der Waals surface area contributed by atoms with E-state index in [1.807, 2.05) is 24.3 Å². The van der Waals surface area contributed by atoms with E-state index in [9.17, 15) is 9.59 Å². The molecular weight excluding hydrogens is 570 g/mol. The van der Waals surface area contributed by atoms with Crippen molar-refractivity contribution < 1.29 is 28.2 Å². The van der Waals surface area contributed by atoms with Crippen LogP contribution in [-0.4, -0.2) is 29.8 Å². The fourth-order valence-corrected chi connectivity index (χ4v) is 4.44. The summed E-state index contributed by atoms with van der Waals surface area (Å²) in [7, 11) is 1.45. The van der Waals surface area contributed by atoms with E-state index in [4.69, 9.17) is 30.2 Å². The van der Waals surface area contributed by atoms with Gasteiger partial charge in [-0.3, -0.25) is 4.79 Å². The van der Waals surface area contributed by atoms with Crippen LogP contribution in [0.1, 0.15) is 43.6 Å². The predicted molar refractivity (Wildman–Crippen MR) is 163 cm³/mol. The van der Waals surface area contributed by atoms with Gasteiger partial charge in [-0.2, -0.15) is 5.10 Å². The van der Waals surface area contributed by atoms with Crippen LogP contribution in [0.25, 0.3) is 5.69 Å². The van der Waals surface area contributed by atoms with Crippen LogP contribution >= 0.6 is 11.6 Å². The third-order valence-electron chi connectivity index (χ3n) is 6.48. The number of esters is 1. The number of methoxy groups -OCH3 is 1. The van der Waals surface area contributed by atoms with E-state index in [1.165, 1.54) is 13.3 Å². The molecule has 0 bridgehead atoms. The lowest BCUT2D eigenvalue weighted by atomic mass is 10.2. The average molecular weight is 598 g/mol. The molecule has 0 fully saturated rings. The Morgan fingerprint density at radius 1 is 0.907 bits per heavy atom. The summed E-state index contributed by atoms with van der Waals surface area (Å²) < 4.78 is 24.4. The maximum absolute atomic E-state index is 12.5. The van der Waals surface area contributed by atoms with E-state index < -0.39 is 11.9 Å². The number of ether oxygens (including phenoxy) is 3. The standard InChI is InChI=1S/C33H28ClN3O6/c1-21-4-5-22(2)37(21)26-11-13-27(14-12-26)41-20-28-15-17-30(42-28)32(38)36-35-19-23-6-16-29(31(18-23)40-3)43-33(39)24-7-9-25(34)10-8-24/h4-19H,20H2,1-3H3,(H,36,38)/b35-19+. The molecular formula is C33H28ClN3O6. The summed E-state index contributed by atoms with van der Waals surface area (Å²) in [6.07, 6.45) is 1.43. The molecule has 0 spiro atoms. The van der Waals surface area contributed by atoms with Crippen molar-refractivity contribution in [1.29, 1.82) is 0 Å². The Morgan fingerprint density at radius 3 is 2.33 bits per heavy atom. The number of nitrogens with zero attached hydrogens (tertiary/aromatic N) is 2. The molecule has 5 aromatic rings. The predicted octanol–water partition coefficient (Wildman–Crippen LogP) is 6.91. The van der Waals surface area contributed by atoms with Gasteiger partial charge in [-0.15, -0.1) is 0 Å². The Bertz CT molecular complexity index is 1750. The molecule has 43 heavy (non-hydrogen) atoms. The number of hydrogen-bond acceptors (Lipinski definition) is 7. The molecule has 0 radical (unpaired) electrons. The maximum atomic E-state index is 12.5. The van der Waals surface area contributed by atoms with Crippen LogP contribution in [-0.2, 0) is 6.61 Å². The Hall–Kier alpha value is -5.28. The summed E-state index contributed by atoms with van der Waals surface area (Å²) in [4.78, 5) is 25.0. The lowest BCUT2D eigenvalue weighted by Gasteiger charge is -2.10. The number of hydrazone groups is 1. The molecule has 0 saturated heterocycles. The highest BCUT2D eigenvalue weighted by atomic mass is 35.5. The quantitative estimate of drug-likeness (QED) is 0.0812. The Kier molecular flexibility index (Phi) is 8.93. The largest absolute Gasteiger partial charge is 0.493 e. The molecule has 218 valence electrons. The lowest BCUT2D eigenvalue weighted by molar-refractivity contribution is 0.0729. The number of halogens is 1. The lowest BCUT2D eigenvalue weighted by Crippen LogP contribution is -2.16. The molecule has 0 saturated carbocycles. The number of furan rings is 1. The molecule has 2 heterocycles. The van der Waals surface area contributed by atoms with Crippen LogP contribution in [0.5, 0.6) is 17.2 Å². The smallest absolute Gasteiger partial charge is 0.343 e. The minimum atomic E-state index is -0.553. The fraction of sp³-hybridized carbons (Fsp3) is 0.121. The Balaban J connectivity index is 1.13. The van der Waals surface area contributed by atoms with E-state index in [-0.39, 0.29) is 18.1 Å². The van der Waals surface area contributed by atoms with Crippen molar-refractivity contribution in [3.05, 3.63) is 130 Å². The van der Waals surface area contributed by atoms with Crippen molar-refractivity contribution in [3.63, 3.8) is 0 Å². The van der Waals surface area contributed by atoms with Gasteiger partial charge in [-0.1, -0.05) is 11.6 Å². The number of benzene rings is 3. The number of carbonyl (C=O) groups is 2. The summed E-state index contributed by atoms with van der Waals surface area (Å²) in [6.45, 7) is 4.28. The second kappa shape index (κ2) is 13.1. The molecule has 2 aromatic heterocycles. The molecule has 0 aliphatic carbocycles. The third kappa shape index (κ3) is 7.14. The SMILES string of the molecule is COc1cc(/C=N/NC(=O)c2ccc(COc3ccc(-n4c(C)ccc4C)cc3)o2)ccc1OC(=O)c1ccc(Cl)cc1. The number of rotatable bonds is 10. The second-order valence-electron chi connectivity index (χ2n) is 9.51. The first-order chi connectivity index (χ1) is 20.8. The van der Waals surface area contributed by atoms with Crippen LogP contribution in [0.3, 0.4) is 0 Å². The molecule has 1 N–H and O–H groups in total. The van der Waals surface area contributed by atoms with E-state index >= 15 is 0 Å². The van der Waals surface area contributed by atoms with Gasteiger partial charge in [0.1, 0.15) is 18.1 Å². The summed E-state index contributed by atoms with van der Waals surface area (Å²) in [5, 5.41) is 4.51. The zero-order valence-corrected chi connectivity index (χ0v) is 24.4. The molecule has 0 atom stereocenters. The highest BCUT2D eigenvalue weighted by Crippen LogP contribution is 2.28. The highest BCUT2D eigenvalue weighted by molar-refractivity contribution is 6.30. The molecule has 0 aliphatic rings. The second-order valence-corrected chi connectivity index (χ2v) is 9.94. The van der Waals surface area contributed by atoms with Crippen LogP contribution in [0.15, 0.2) is 101 Å². The zero-order chi connectivity index (χ0) is 30.3. The monoisotopic (exact) mass is 597 g/mol. The van der Waals surface area contributed by atoms with E-state index in [0.29, 0.717) is 33.4 Å². The van der Waals surface area contributed by atoms with Gasteiger partial charge in [0.05, 0.1) is 18.9 Å². The Labute approximate surface area is 253 Å². The number of aromatic nitrogens is 1. The van der Waals surface area contributed by atoms with E-state index in [2.05, 4.69) is 41.1 Å². The van der Waals surface area contributed by atoms with Crippen molar-refractivity contribution in [3.8, 4) is 22.9 Å². The zero-order valence-electron chi connectivity index (χ0n) is 23.7. The Morgan fingerprint density at radius 2 is 1.63 bits per heavy atom. The molecule has 0 unspecified atom stereocenters. The van der Waals surface area contributed by atoms with Crippen molar-refractivity contribution in [1.82, 2.24) is 9.99 Å². The normalized spacial score (nSPS) is 11.0. The summed E-state index contributed by atoms with van der Waals surface area (Å²) in [6, 6.07) is 26.4. The van der Waals surface area contributed by atoms with Crippen molar-refractivity contribution >= 4 is 29.7 Å². The van der Waals surface area contributed by atoms with Gasteiger partial charge in [-0.25, -0.2) is 10.2 Å². The number of carbonyl (C=O) groups excluding carboxylic acids is 2. The third-order valence-corrected chi connectivity index (χ3v) is 6.73. The number of aryl methyl sites for hydroxylation is 2. The van der Waals surface area contributed by atoms with E-state index in [1.54, 1.807) is 54.6 Å². The van der Waals surface area contributed by atoms with Gasteiger partial charge in [0.25, 0.3) is 0 Å². The minimum absolute atomic E-state index is 0.0895. The molecule has 5 rings (SSSR count). The summed E-state index contributed by atoms with van der Waals surface area (Å²) in [5.74, 6) is 0.733. The first-order valence-corrected chi connectivity index (χ1v) is 13.6. The summed E-state index contributed by atoms with van der Waals surface area (Å²) in [5.41, 5.74) is 6.74. The molecule has 9 nitrogen and oxygen atoms in total. The van der Waals surface area contributed by atoms with Crippen LogP contribution in [0.2, 0.25) is 5.02 Å². The van der Waals surface area contributed by atoms with E-state index in [0.717, 1.165) is 17.1 Å². The molecule has 1 amide bonds. The van der Waals surface area contributed by atoms with Gasteiger partial charge in [-0.05, 0) is 110 Å². The van der Waals surface area contributed by atoms with Gasteiger partial charge < -0.3 is 23.2 Å². The topological polar surface area (TPSA) is 104 Å². The average Bonchev–Trinajstić information content (AvgIpc) is 3.63. The first-order valence-electron chi connectivity index (χ1n) is 13.3. The van der Waals surface area contributed by atoms with Crippen LogP contribution in [0.4, 0.5) is 0 Å². The molecule has 0 aliphatic heterocycles. The molecule has 10 heteroatoms. The van der Waals surface area contributed by atoms with Gasteiger partial charge in [0.15, 0.2) is 17.3 Å². The maximum Gasteiger partial charge on any atom is 0.343 e. The molecule has 3 aromatic carbocycles. The van der Waals surface area contributed by atoms with Crippen molar-refractivity contribution in [2.45, 2.75) is 20.5 Å². The first kappa shape index (κ1) is 29.2. The van der Waals surface area contributed by atoms with Gasteiger partial charge >= 0.3 is 11.9 Å². The number of hydrogen-bond donors (Lipinski definition) is 1. The van der Waals surface area contributed by atoms with Crippen molar-refractivity contribution in [2.75, 3.05) is 7.11 Å². The summed E-state index contributed by atoms with van der Waals surface area (Å²) >= 11 is 5.87. The van der Waals surface area contributed by atoms with Gasteiger partial charge in [0.2, 0.25) is 0 Å². The minimum Gasteiger partial charge on any atom is -0.493 e.